The lowest BCUT2D eigenvalue weighted by Gasteiger charge is -2.05. The fourth-order valence-electron chi connectivity index (χ4n) is 1.38. The summed E-state index contributed by atoms with van der Waals surface area (Å²) in [6, 6.07) is 4.12. The van der Waals surface area contributed by atoms with E-state index in [0.717, 1.165) is 17.0 Å². The lowest BCUT2D eigenvalue weighted by Crippen LogP contribution is -1.97. The van der Waals surface area contributed by atoms with Crippen LogP contribution in [-0.4, -0.2) is 12.0 Å². The SMILES string of the molecule is CN/C=C(\S)c1ccc(CC(C)C)cn1. The highest BCUT2D eigenvalue weighted by atomic mass is 32.1. The van der Waals surface area contributed by atoms with E-state index in [0.29, 0.717) is 5.92 Å². The normalized spacial score (nSPS) is 11.9. The van der Waals surface area contributed by atoms with Gasteiger partial charge in [0.15, 0.2) is 0 Å². The van der Waals surface area contributed by atoms with Gasteiger partial charge in [0.2, 0.25) is 0 Å². The van der Waals surface area contributed by atoms with E-state index in [1.807, 2.05) is 25.5 Å². The Bertz CT molecular complexity index is 328. The van der Waals surface area contributed by atoms with Crippen LogP contribution in [0.2, 0.25) is 0 Å². The predicted molar refractivity (Wildman–Crippen MR) is 68.8 cm³/mol. The van der Waals surface area contributed by atoms with E-state index in [1.165, 1.54) is 5.56 Å². The molecule has 2 nitrogen and oxygen atoms in total. The van der Waals surface area contributed by atoms with Crippen LogP contribution in [0.4, 0.5) is 0 Å². The highest BCUT2D eigenvalue weighted by Crippen LogP contribution is 2.16. The Balaban J connectivity index is 2.76. The molecule has 1 rings (SSSR count). The maximum Gasteiger partial charge on any atom is 0.0777 e. The number of hydrogen-bond acceptors (Lipinski definition) is 3. The molecule has 15 heavy (non-hydrogen) atoms. The zero-order valence-electron chi connectivity index (χ0n) is 9.49. The third kappa shape index (κ3) is 3.96. The van der Waals surface area contributed by atoms with Gasteiger partial charge in [-0.3, -0.25) is 4.98 Å². The third-order valence-corrected chi connectivity index (χ3v) is 2.37. The second kappa shape index (κ2) is 5.81. The molecule has 0 amide bonds. The van der Waals surface area contributed by atoms with Crippen molar-refractivity contribution in [2.45, 2.75) is 20.3 Å². The first-order valence-electron chi connectivity index (χ1n) is 5.15. The topological polar surface area (TPSA) is 24.9 Å². The number of aromatic nitrogens is 1. The number of pyridine rings is 1. The quantitative estimate of drug-likeness (QED) is 0.766. The number of nitrogens with zero attached hydrogens (tertiary/aromatic N) is 1. The molecule has 3 heteroatoms. The van der Waals surface area contributed by atoms with Crippen molar-refractivity contribution in [3.63, 3.8) is 0 Å². The minimum absolute atomic E-state index is 0.668. The Morgan fingerprint density at radius 1 is 1.53 bits per heavy atom. The number of hydrogen-bond donors (Lipinski definition) is 2. The highest BCUT2D eigenvalue weighted by molar-refractivity contribution is 7.90. The van der Waals surface area contributed by atoms with Crippen LogP contribution < -0.4 is 5.32 Å². The smallest absolute Gasteiger partial charge is 0.0777 e. The molecular weight excluding hydrogens is 204 g/mol. The van der Waals surface area contributed by atoms with Gasteiger partial charge >= 0.3 is 0 Å². The maximum absolute atomic E-state index is 4.37. The summed E-state index contributed by atoms with van der Waals surface area (Å²) in [6.07, 6.45) is 4.83. The lowest BCUT2D eigenvalue weighted by molar-refractivity contribution is 0.645. The number of nitrogens with one attached hydrogen (secondary N) is 1. The summed E-state index contributed by atoms with van der Waals surface area (Å²) in [4.78, 5) is 5.22. The Hall–Kier alpha value is -0.960. The van der Waals surface area contributed by atoms with Crippen LogP contribution in [-0.2, 0) is 6.42 Å². The van der Waals surface area contributed by atoms with Crippen LogP contribution in [0.3, 0.4) is 0 Å². The van der Waals surface area contributed by atoms with Gasteiger partial charge in [-0.15, -0.1) is 12.6 Å². The van der Waals surface area contributed by atoms with Crippen molar-refractivity contribution >= 4 is 17.5 Å². The Kier molecular flexibility index (Phi) is 4.69. The zero-order valence-corrected chi connectivity index (χ0v) is 10.4. The molecule has 0 aliphatic heterocycles. The van der Waals surface area contributed by atoms with Gasteiger partial charge in [0.05, 0.1) is 5.69 Å². The first-order chi connectivity index (χ1) is 7.13. The standard InChI is InChI=1S/C12H18N2S/c1-9(2)6-10-4-5-11(14-7-10)12(15)8-13-3/h4-5,7-9,13,15H,6H2,1-3H3/b12-8-. The molecule has 0 fully saturated rings. The molecule has 1 aromatic heterocycles. The molecule has 1 N–H and O–H groups in total. The number of thiol groups is 1. The van der Waals surface area contributed by atoms with Gasteiger partial charge in [-0.25, -0.2) is 0 Å². The largest absolute Gasteiger partial charge is 0.393 e. The van der Waals surface area contributed by atoms with E-state index in [9.17, 15) is 0 Å². The van der Waals surface area contributed by atoms with Crippen LogP contribution in [0, 0.1) is 5.92 Å². The first kappa shape index (κ1) is 12.1. The van der Waals surface area contributed by atoms with Crippen molar-refractivity contribution in [1.82, 2.24) is 10.3 Å². The Labute approximate surface area is 97.2 Å². The van der Waals surface area contributed by atoms with Gasteiger partial charge in [-0.05, 0) is 24.0 Å². The maximum atomic E-state index is 4.37. The summed E-state index contributed by atoms with van der Waals surface area (Å²) >= 11 is 4.34. The summed E-state index contributed by atoms with van der Waals surface area (Å²) < 4.78 is 0. The minimum Gasteiger partial charge on any atom is -0.393 e. The molecule has 0 atom stereocenters. The van der Waals surface area contributed by atoms with E-state index in [1.54, 1.807) is 0 Å². The van der Waals surface area contributed by atoms with Crippen molar-refractivity contribution in [1.29, 1.82) is 0 Å². The summed E-state index contributed by atoms with van der Waals surface area (Å²) in [5.74, 6) is 0.668. The lowest BCUT2D eigenvalue weighted by atomic mass is 10.0. The van der Waals surface area contributed by atoms with Crippen molar-refractivity contribution in [3.8, 4) is 0 Å². The summed E-state index contributed by atoms with van der Waals surface area (Å²) in [7, 11) is 1.85. The molecule has 1 heterocycles. The van der Waals surface area contributed by atoms with Gasteiger partial charge < -0.3 is 5.32 Å². The molecular formula is C12H18N2S. The second-order valence-electron chi connectivity index (χ2n) is 3.97. The van der Waals surface area contributed by atoms with E-state index in [2.05, 4.69) is 42.8 Å². The van der Waals surface area contributed by atoms with Crippen molar-refractivity contribution in [2.24, 2.45) is 5.92 Å². The van der Waals surface area contributed by atoms with Crippen molar-refractivity contribution in [2.75, 3.05) is 7.05 Å². The molecule has 0 aliphatic rings. The molecule has 1 aromatic rings. The van der Waals surface area contributed by atoms with E-state index >= 15 is 0 Å². The fourth-order valence-corrected chi connectivity index (χ4v) is 1.64. The average molecular weight is 222 g/mol. The van der Waals surface area contributed by atoms with Gasteiger partial charge in [-0.1, -0.05) is 19.9 Å². The number of rotatable bonds is 4. The Morgan fingerprint density at radius 2 is 2.27 bits per heavy atom. The van der Waals surface area contributed by atoms with Crippen LogP contribution in [0.25, 0.3) is 4.91 Å². The molecule has 0 saturated heterocycles. The summed E-state index contributed by atoms with van der Waals surface area (Å²) in [6.45, 7) is 4.41. The van der Waals surface area contributed by atoms with Gasteiger partial charge in [0, 0.05) is 24.3 Å². The summed E-state index contributed by atoms with van der Waals surface area (Å²) in [5, 5.41) is 2.93. The molecule has 0 saturated carbocycles. The third-order valence-electron chi connectivity index (χ3n) is 2.01. The zero-order chi connectivity index (χ0) is 11.3. The molecule has 0 aliphatic carbocycles. The van der Waals surface area contributed by atoms with Crippen LogP contribution >= 0.6 is 12.6 Å². The van der Waals surface area contributed by atoms with E-state index in [4.69, 9.17) is 0 Å². The van der Waals surface area contributed by atoms with Crippen LogP contribution in [0.15, 0.2) is 24.5 Å². The monoisotopic (exact) mass is 222 g/mol. The van der Waals surface area contributed by atoms with Crippen LogP contribution in [0.1, 0.15) is 25.1 Å². The molecule has 0 spiro atoms. The Morgan fingerprint density at radius 3 is 2.73 bits per heavy atom. The van der Waals surface area contributed by atoms with Gasteiger partial charge in [-0.2, -0.15) is 0 Å². The molecule has 82 valence electrons. The van der Waals surface area contributed by atoms with Crippen molar-refractivity contribution < 1.29 is 0 Å². The minimum atomic E-state index is 0.668. The highest BCUT2D eigenvalue weighted by Gasteiger charge is 2.00. The van der Waals surface area contributed by atoms with E-state index in [-0.39, 0.29) is 0 Å². The second-order valence-corrected chi connectivity index (χ2v) is 4.45. The average Bonchev–Trinajstić information content (AvgIpc) is 2.18. The van der Waals surface area contributed by atoms with Gasteiger partial charge in [0.25, 0.3) is 0 Å². The fraction of sp³-hybridized carbons (Fsp3) is 0.417. The first-order valence-corrected chi connectivity index (χ1v) is 5.60. The molecule has 0 unspecified atom stereocenters. The van der Waals surface area contributed by atoms with Crippen molar-refractivity contribution in [3.05, 3.63) is 35.8 Å². The molecule has 0 bridgehead atoms. The van der Waals surface area contributed by atoms with Crippen LogP contribution in [0.5, 0.6) is 0 Å². The predicted octanol–water partition coefficient (Wildman–Crippen LogP) is 2.73. The summed E-state index contributed by atoms with van der Waals surface area (Å²) in [5.41, 5.74) is 2.18. The van der Waals surface area contributed by atoms with Gasteiger partial charge in [0.1, 0.15) is 0 Å². The molecule has 0 aromatic carbocycles. The van der Waals surface area contributed by atoms with E-state index < -0.39 is 0 Å². The molecule has 0 radical (unpaired) electrons.